The molecule has 0 bridgehead atoms. The van der Waals surface area contributed by atoms with Crippen LogP contribution in [0.15, 0.2) is 39.5 Å². The standard InChI is InChI=1S/C20H23NO6S/c22-19(12-26-17-7-5-14-6-8-20(23)27-18(14)11-17)21(15-3-1-2-4-15)16-9-10-28(24,25)13-16/h5-8,11,15-16H,1-4,9-10,12-13H2/t16-/m0/s1. The lowest BCUT2D eigenvalue weighted by Gasteiger charge is -2.34. The van der Waals surface area contributed by atoms with Crippen LogP contribution in [-0.2, 0) is 14.6 Å². The molecule has 1 atom stereocenters. The Morgan fingerprint density at radius 1 is 1.11 bits per heavy atom. The molecule has 4 rings (SSSR count). The summed E-state index contributed by atoms with van der Waals surface area (Å²) in [5.41, 5.74) is -0.0532. The molecule has 8 heteroatoms. The summed E-state index contributed by atoms with van der Waals surface area (Å²) in [4.78, 5) is 26.1. The van der Waals surface area contributed by atoms with Crippen LogP contribution in [0.2, 0.25) is 0 Å². The summed E-state index contributed by atoms with van der Waals surface area (Å²) >= 11 is 0. The van der Waals surface area contributed by atoms with E-state index in [0.717, 1.165) is 31.1 Å². The number of hydrogen-bond acceptors (Lipinski definition) is 6. The average molecular weight is 405 g/mol. The first-order chi connectivity index (χ1) is 13.4. The zero-order valence-electron chi connectivity index (χ0n) is 15.5. The van der Waals surface area contributed by atoms with Crippen molar-refractivity contribution >= 4 is 26.7 Å². The van der Waals surface area contributed by atoms with E-state index in [2.05, 4.69) is 0 Å². The number of carbonyl (C=O) groups excluding carboxylic acids is 1. The summed E-state index contributed by atoms with van der Waals surface area (Å²) < 4.78 is 34.6. The van der Waals surface area contributed by atoms with E-state index in [1.807, 2.05) is 0 Å². The largest absolute Gasteiger partial charge is 0.484 e. The quantitative estimate of drug-likeness (QED) is 0.708. The Morgan fingerprint density at radius 2 is 1.86 bits per heavy atom. The first-order valence-electron chi connectivity index (χ1n) is 9.60. The molecule has 2 fully saturated rings. The van der Waals surface area contributed by atoms with Crippen LogP contribution in [0.5, 0.6) is 5.75 Å². The Bertz CT molecular complexity index is 1040. The SMILES string of the molecule is O=C(COc1ccc2ccc(=O)oc2c1)N(C1CCCC1)[C@H]1CCS(=O)(=O)C1. The van der Waals surface area contributed by atoms with Gasteiger partial charge in [0.1, 0.15) is 11.3 Å². The van der Waals surface area contributed by atoms with Crippen LogP contribution in [0.25, 0.3) is 11.0 Å². The van der Waals surface area contributed by atoms with E-state index in [1.54, 1.807) is 29.2 Å². The lowest BCUT2D eigenvalue weighted by atomic mass is 10.1. The van der Waals surface area contributed by atoms with E-state index >= 15 is 0 Å². The maximum absolute atomic E-state index is 13.0. The number of benzene rings is 1. The van der Waals surface area contributed by atoms with Crippen LogP contribution < -0.4 is 10.4 Å². The number of nitrogens with zero attached hydrogens (tertiary/aromatic N) is 1. The molecule has 0 spiro atoms. The summed E-state index contributed by atoms with van der Waals surface area (Å²) in [6, 6.07) is 7.90. The molecular formula is C20H23NO6S. The van der Waals surface area contributed by atoms with Gasteiger partial charge in [-0.15, -0.1) is 0 Å². The van der Waals surface area contributed by atoms with Crippen LogP contribution in [0, 0.1) is 0 Å². The van der Waals surface area contributed by atoms with E-state index in [4.69, 9.17) is 9.15 Å². The molecule has 7 nitrogen and oxygen atoms in total. The fourth-order valence-electron chi connectivity index (χ4n) is 4.23. The van der Waals surface area contributed by atoms with Gasteiger partial charge < -0.3 is 14.1 Å². The van der Waals surface area contributed by atoms with Gasteiger partial charge in [-0.2, -0.15) is 0 Å². The number of amides is 1. The highest BCUT2D eigenvalue weighted by atomic mass is 32.2. The van der Waals surface area contributed by atoms with Gasteiger partial charge >= 0.3 is 5.63 Å². The van der Waals surface area contributed by atoms with Crippen molar-refractivity contribution in [3.05, 3.63) is 40.8 Å². The molecule has 28 heavy (non-hydrogen) atoms. The highest BCUT2D eigenvalue weighted by Gasteiger charge is 2.39. The highest BCUT2D eigenvalue weighted by Crippen LogP contribution is 2.29. The van der Waals surface area contributed by atoms with E-state index in [0.29, 0.717) is 17.8 Å². The van der Waals surface area contributed by atoms with Crippen molar-refractivity contribution in [2.45, 2.75) is 44.2 Å². The first-order valence-corrected chi connectivity index (χ1v) is 11.4. The second-order valence-electron chi connectivity index (χ2n) is 7.54. The fraction of sp³-hybridized carbons (Fsp3) is 0.500. The monoisotopic (exact) mass is 405 g/mol. The van der Waals surface area contributed by atoms with Gasteiger partial charge in [0.15, 0.2) is 16.4 Å². The van der Waals surface area contributed by atoms with E-state index in [1.165, 1.54) is 6.07 Å². The molecule has 2 aromatic rings. The molecule has 1 aromatic carbocycles. The van der Waals surface area contributed by atoms with Crippen molar-refractivity contribution < 1.29 is 22.4 Å². The third-order valence-corrected chi connectivity index (χ3v) is 7.32. The highest BCUT2D eigenvalue weighted by molar-refractivity contribution is 7.91. The smallest absolute Gasteiger partial charge is 0.336 e. The normalized spacial score (nSPS) is 21.8. The van der Waals surface area contributed by atoms with Gasteiger partial charge in [0.25, 0.3) is 5.91 Å². The van der Waals surface area contributed by atoms with Gasteiger partial charge in [-0.3, -0.25) is 4.79 Å². The number of carbonyl (C=O) groups is 1. The third kappa shape index (κ3) is 4.06. The molecule has 1 saturated heterocycles. The number of rotatable bonds is 5. The van der Waals surface area contributed by atoms with Crippen molar-refractivity contribution in [2.75, 3.05) is 18.1 Å². The Labute approximate surface area is 163 Å². The second kappa shape index (κ2) is 7.58. The minimum atomic E-state index is -3.08. The lowest BCUT2D eigenvalue weighted by Crippen LogP contribution is -2.48. The Balaban J connectivity index is 1.49. The lowest BCUT2D eigenvalue weighted by molar-refractivity contribution is -0.137. The van der Waals surface area contributed by atoms with Crippen LogP contribution in [0.4, 0.5) is 0 Å². The predicted molar refractivity (Wildman–Crippen MR) is 104 cm³/mol. The zero-order valence-corrected chi connectivity index (χ0v) is 16.3. The molecule has 0 unspecified atom stereocenters. The van der Waals surface area contributed by atoms with Crippen molar-refractivity contribution in [1.82, 2.24) is 4.90 Å². The topological polar surface area (TPSA) is 93.9 Å². The minimum Gasteiger partial charge on any atom is -0.484 e. The van der Waals surface area contributed by atoms with Crippen molar-refractivity contribution in [1.29, 1.82) is 0 Å². The Hall–Kier alpha value is -2.35. The fourth-order valence-corrected chi connectivity index (χ4v) is 5.94. The van der Waals surface area contributed by atoms with Crippen LogP contribution in [-0.4, -0.2) is 49.4 Å². The molecule has 150 valence electrons. The summed E-state index contributed by atoms with van der Waals surface area (Å²) in [5.74, 6) is 0.416. The van der Waals surface area contributed by atoms with Gasteiger partial charge in [-0.05, 0) is 37.5 Å². The van der Waals surface area contributed by atoms with Crippen molar-refractivity contribution in [2.24, 2.45) is 0 Å². The Morgan fingerprint density at radius 3 is 2.57 bits per heavy atom. The molecular weight excluding hydrogens is 382 g/mol. The van der Waals surface area contributed by atoms with Gasteiger partial charge in [-0.25, -0.2) is 13.2 Å². The zero-order chi connectivity index (χ0) is 19.7. The first kappa shape index (κ1) is 19.0. The van der Waals surface area contributed by atoms with Crippen molar-refractivity contribution in [3.63, 3.8) is 0 Å². The molecule has 0 N–H and O–H groups in total. The van der Waals surface area contributed by atoms with E-state index in [-0.39, 0.29) is 36.1 Å². The predicted octanol–water partition coefficient (Wildman–Crippen LogP) is 2.13. The average Bonchev–Trinajstić information content (AvgIpc) is 3.30. The summed E-state index contributed by atoms with van der Waals surface area (Å²) in [5, 5.41) is 0.766. The Kier molecular flexibility index (Phi) is 5.14. The molecule has 0 radical (unpaired) electrons. The summed E-state index contributed by atoms with van der Waals surface area (Å²) in [7, 11) is -3.08. The molecule has 1 aliphatic carbocycles. The molecule has 1 aliphatic heterocycles. The number of fused-ring (bicyclic) bond motifs is 1. The number of ether oxygens (including phenoxy) is 1. The number of hydrogen-bond donors (Lipinski definition) is 0. The molecule has 1 amide bonds. The van der Waals surface area contributed by atoms with E-state index < -0.39 is 15.5 Å². The van der Waals surface area contributed by atoms with Crippen LogP contribution >= 0.6 is 0 Å². The molecule has 2 heterocycles. The van der Waals surface area contributed by atoms with Gasteiger partial charge in [0.05, 0.1) is 11.5 Å². The maximum atomic E-state index is 13.0. The third-order valence-electron chi connectivity index (χ3n) is 5.56. The maximum Gasteiger partial charge on any atom is 0.336 e. The van der Waals surface area contributed by atoms with E-state index in [9.17, 15) is 18.0 Å². The van der Waals surface area contributed by atoms with Crippen LogP contribution in [0.3, 0.4) is 0 Å². The van der Waals surface area contributed by atoms with Gasteiger partial charge in [0, 0.05) is 29.6 Å². The summed E-state index contributed by atoms with van der Waals surface area (Å²) in [6.45, 7) is -0.171. The minimum absolute atomic E-state index is 0.0381. The van der Waals surface area contributed by atoms with Gasteiger partial charge in [-0.1, -0.05) is 12.8 Å². The van der Waals surface area contributed by atoms with Gasteiger partial charge in [0.2, 0.25) is 0 Å². The van der Waals surface area contributed by atoms with Crippen LogP contribution in [0.1, 0.15) is 32.1 Å². The van der Waals surface area contributed by atoms with Crippen molar-refractivity contribution in [3.8, 4) is 5.75 Å². The second-order valence-corrected chi connectivity index (χ2v) is 9.77. The molecule has 2 aliphatic rings. The summed E-state index contributed by atoms with van der Waals surface area (Å²) in [6.07, 6.45) is 4.41. The number of sulfone groups is 1. The molecule has 1 saturated carbocycles. The molecule has 1 aromatic heterocycles.